The highest BCUT2D eigenvalue weighted by atomic mass is 16.3. The monoisotopic (exact) mass is 753 g/mol. The summed E-state index contributed by atoms with van der Waals surface area (Å²) < 4.78 is 12.7. The second kappa shape index (κ2) is 13.4. The van der Waals surface area contributed by atoms with Gasteiger partial charge in [0, 0.05) is 44.0 Å². The molecule has 0 aliphatic carbocycles. The number of rotatable bonds is 6. The zero-order chi connectivity index (χ0) is 38.9. The molecule has 0 unspecified atom stereocenters. The Morgan fingerprint density at radius 2 is 0.814 bits per heavy atom. The molecule has 0 fully saturated rings. The van der Waals surface area contributed by atoms with Crippen molar-refractivity contribution in [2.24, 2.45) is 0 Å². The number of nitrogens with zero attached hydrogens (tertiary/aromatic N) is 1. The first kappa shape index (κ1) is 33.3. The van der Waals surface area contributed by atoms with E-state index >= 15 is 0 Å². The lowest BCUT2D eigenvalue weighted by molar-refractivity contribution is 0.669. The molecule has 0 saturated carbocycles. The van der Waals surface area contributed by atoms with Crippen LogP contribution in [0.15, 0.2) is 221 Å². The van der Waals surface area contributed by atoms with E-state index in [4.69, 9.17) is 8.83 Å². The largest absolute Gasteiger partial charge is 0.456 e. The maximum atomic E-state index is 6.54. The van der Waals surface area contributed by atoms with Crippen molar-refractivity contribution in [3.63, 3.8) is 0 Å². The quantitative estimate of drug-likeness (QED) is 0.169. The number of para-hydroxylation sites is 1. The van der Waals surface area contributed by atoms with Gasteiger partial charge in [-0.05, 0) is 116 Å². The molecule has 0 radical (unpaired) electrons. The summed E-state index contributed by atoms with van der Waals surface area (Å²) in [6, 6.07) is 75.8. The summed E-state index contributed by atoms with van der Waals surface area (Å²) in [5, 5.41) is 9.33. The van der Waals surface area contributed by atoms with Gasteiger partial charge in [-0.15, -0.1) is 0 Å². The molecule has 2 aromatic heterocycles. The van der Waals surface area contributed by atoms with Crippen LogP contribution in [0.25, 0.3) is 98.8 Å². The minimum absolute atomic E-state index is 0.894. The third-order valence-corrected chi connectivity index (χ3v) is 11.9. The molecule has 0 spiro atoms. The minimum Gasteiger partial charge on any atom is -0.456 e. The predicted molar refractivity (Wildman–Crippen MR) is 247 cm³/mol. The Hall–Kier alpha value is -7.88. The summed E-state index contributed by atoms with van der Waals surface area (Å²) in [4.78, 5) is 2.34. The fourth-order valence-electron chi connectivity index (χ4n) is 9.01. The van der Waals surface area contributed by atoms with Crippen LogP contribution in [0.1, 0.15) is 0 Å². The van der Waals surface area contributed by atoms with Crippen LogP contribution in [-0.2, 0) is 0 Å². The third-order valence-electron chi connectivity index (χ3n) is 11.9. The highest BCUT2D eigenvalue weighted by Gasteiger charge is 2.18. The third kappa shape index (κ3) is 5.51. The van der Waals surface area contributed by atoms with E-state index in [1.807, 2.05) is 12.1 Å². The minimum atomic E-state index is 0.894. The van der Waals surface area contributed by atoms with Crippen molar-refractivity contribution >= 4 is 82.5 Å². The molecule has 0 saturated heterocycles. The summed E-state index contributed by atoms with van der Waals surface area (Å²) in [6.45, 7) is 0. The predicted octanol–water partition coefficient (Wildman–Crippen LogP) is 16.3. The van der Waals surface area contributed by atoms with Gasteiger partial charge in [0.2, 0.25) is 0 Å². The average Bonchev–Trinajstić information content (AvgIpc) is 3.88. The summed E-state index contributed by atoms with van der Waals surface area (Å²) in [6.07, 6.45) is 0. The van der Waals surface area contributed by atoms with Crippen molar-refractivity contribution in [3.05, 3.63) is 212 Å². The molecule has 276 valence electrons. The number of furan rings is 2. The van der Waals surface area contributed by atoms with E-state index in [2.05, 4.69) is 205 Å². The van der Waals surface area contributed by atoms with Crippen LogP contribution in [0.5, 0.6) is 0 Å². The maximum absolute atomic E-state index is 6.54. The molecule has 3 heteroatoms. The fraction of sp³-hybridized carbons (Fsp3) is 0. The molecule has 12 rings (SSSR count). The lowest BCUT2D eigenvalue weighted by Crippen LogP contribution is -2.09. The molecule has 0 aliphatic rings. The van der Waals surface area contributed by atoms with Gasteiger partial charge >= 0.3 is 0 Å². The van der Waals surface area contributed by atoms with Gasteiger partial charge in [0.25, 0.3) is 0 Å². The molecule has 3 nitrogen and oxygen atoms in total. The molecule has 2 heterocycles. The number of benzene rings is 10. The van der Waals surface area contributed by atoms with Crippen molar-refractivity contribution in [2.45, 2.75) is 0 Å². The normalized spacial score (nSPS) is 11.7. The summed E-state index contributed by atoms with van der Waals surface area (Å²) in [7, 11) is 0. The second-order valence-corrected chi connectivity index (χ2v) is 15.3. The van der Waals surface area contributed by atoms with Gasteiger partial charge < -0.3 is 13.7 Å². The number of anilines is 3. The maximum Gasteiger partial charge on any atom is 0.143 e. The van der Waals surface area contributed by atoms with Crippen molar-refractivity contribution in [1.29, 1.82) is 0 Å². The van der Waals surface area contributed by atoms with Crippen LogP contribution in [0.3, 0.4) is 0 Å². The van der Waals surface area contributed by atoms with E-state index in [9.17, 15) is 0 Å². The van der Waals surface area contributed by atoms with E-state index < -0.39 is 0 Å². The molecule has 0 bridgehead atoms. The van der Waals surface area contributed by atoms with E-state index in [0.717, 1.165) is 88.6 Å². The standard InChI is InChI=1S/C56H35NO2/c1-3-12-45-37(9-1)11-7-15-46(45)39-21-29-43(30-22-39)57(42-27-19-36(20-28-42)41-26-34-53-51(35-41)49-14-5-6-17-52(49)58-53)44-31-23-40(24-32-44)47-16-8-18-54-55(47)50-33-25-38-10-2-4-13-48(38)56(50)59-54/h1-35H. The second-order valence-electron chi connectivity index (χ2n) is 15.3. The Morgan fingerprint density at radius 3 is 1.56 bits per heavy atom. The lowest BCUT2D eigenvalue weighted by Gasteiger charge is -2.26. The van der Waals surface area contributed by atoms with Gasteiger partial charge in [-0.2, -0.15) is 0 Å². The van der Waals surface area contributed by atoms with Gasteiger partial charge in [0.15, 0.2) is 0 Å². The van der Waals surface area contributed by atoms with Gasteiger partial charge in [0.1, 0.15) is 22.3 Å². The van der Waals surface area contributed by atoms with Crippen LogP contribution in [0.2, 0.25) is 0 Å². The molecule has 0 N–H and O–H groups in total. The van der Waals surface area contributed by atoms with E-state index in [-0.39, 0.29) is 0 Å². The average molecular weight is 754 g/mol. The Morgan fingerprint density at radius 1 is 0.288 bits per heavy atom. The number of hydrogen-bond acceptors (Lipinski definition) is 3. The molecule has 0 atom stereocenters. The fourth-order valence-corrected chi connectivity index (χ4v) is 9.01. The first-order valence-electron chi connectivity index (χ1n) is 20.1. The molecule has 0 aliphatic heterocycles. The summed E-state index contributed by atoms with van der Waals surface area (Å²) in [5.74, 6) is 0. The van der Waals surface area contributed by atoms with Gasteiger partial charge in [-0.25, -0.2) is 0 Å². The highest BCUT2D eigenvalue weighted by Crippen LogP contribution is 2.42. The number of hydrogen-bond donors (Lipinski definition) is 0. The molecule has 0 amide bonds. The van der Waals surface area contributed by atoms with Crippen LogP contribution in [0.4, 0.5) is 17.1 Å². The van der Waals surface area contributed by atoms with Crippen LogP contribution in [-0.4, -0.2) is 0 Å². The topological polar surface area (TPSA) is 29.5 Å². The molecule has 10 aromatic carbocycles. The Labute approximate surface area is 340 Å². The van der Waals surface area contributed by atoms with Crippen molar-refractivity contribution < 1.29 is 8.83 Å². The van der Waals surface area contributed by atoms with E-state index in [0.29, 0.717) is 0 Å². The summed E-state index contributed by atoms with van der Waals surface area (Å²) >= 11 is 0. The van der Waals surface area contributed by atoms with Crippen LogP contribution >= 0.6 is 0 Å². The van der Waals surface area contributed by atoms with Gasteiger partial charge in [0.05, 0.1) is 0 Å². The van der Waals surface area contributed by atoms with Crippen molar-refractivity contribution in [3.8, 4) is 33.4 Å². The zero-order valence-electron chi connectivity index (χ0n) is 32.0. The Bertz CT molecular complexity index is 3530. The Balaban J connectivity index is 0.951. The SMILES string of the molecule is c1ccc2c(-c3ccc(N(c4ccc(-c5ccc6oc7ccccc7c6c5)cc4)c4ccc(-c5cccc6oc7c8ccccc8ccc7c56)cc4)cc3)cccc2c1. The van der Waals surface area contributed by atoms with E-state index in [1.165, 1.54) is 27.3 Å². The van der Waals surface area contributed by atoms with Gasteiger partial charge in [-0.1, -0.05) is 146 Å². The smallest absolute Gasteiger partial charge is 0.143 e. The van der Waals surface area contributed by atoms with Gasteiger partial charge in [-0.3, -0.25) is 0 Å². The van der Waals surface area contributed by atoms with Crippen molar-refractivity contribution in [1.82, 2.24) is 0 Å². The first-order valence-corrected chi connectivity index (χ1v) is 20.1. The molecular weight excluding hydrogens is 719 g/mol. The highest BCUT2D eigenvalue weighted by molar-refractivity contribution is 6.19. The number of fused-ring (bicyclic) bond motifs is 9. The summed E-state index contributed by atoms with van der Waals surface area (Å²) in [5.41, 5.74) is 13.9. The zero-order valence-corrected chi connectivity index (χ0v) is 32.0. The van der Waals surface area contributed by atoms with Crippen molar-refractivity contribution in [2.75, 3.05) is 4.90 Å². The first-order chi connectivity index (χ1) is 29.2. The Kier molecular flexibility index (Phi) is 7.54. The van der Waals surface area contributed by atoms with Crippen LogP contribution in [0, 0.1) is 0 Å². The lowest BCUT2D eigenvalue weighted by atomic mass is 9.97. The van der Waals surface area contributed by atoms with Crippen LogP contribution < -0.4 is 4.90 Å². The molecular formula is C56H35NO2. The molecule has 12 aromatic rings. The molecule has 59 heavy (non-hydrogen) atoms. The van der Waals surface area contributed by atoms with E-state index in [1.54, 1.807) is 0 Å².